The lowest BCUT2D eigenvalue weighted by atomic mass is 10.1. The summed E-state index contributed by atoms with van der Waals surface area (Å²) in [4.78, 5) is 13.3. The van der Waals surface area contributed by atoms with Crippen LogP contribution in [-0.2, 0) is 6.42 Å². The molecule has 0 fully saturated rings. The summed E-state index contributed by atoms with van der Waals surface area (Å²) in [5, 5.41) is 3.12. The van der Waals surface area contributed by atoms with E-state index in [1.54, 1.807) is 12.4 Å². The molecule has 20 heavy (non-hydrogen) atoms. The second kappa shape index (κ2) is 6.32. The van der Waals surface area contributed by atoms with Crippen LogP contribution in [0.3, 0.4) is 0 Å². The third-order valence-corrected chi connectivity index (χ3v) is 3.04. The minimum atomic E-state index is 0.621. The average molecular weight is 272 g/mol. The number of ether oxygens (including phenoxy) is 1. The van der Waals surface area contributed by atoms with E-state index in [9.17, 15) is 0 Å². The summed E-state index contributed by atoms with van der Waals surface area (Å²) in [7, 11) is 1.87. The van der Waals surface area contributed by atoms with Gasteiger partial charge in [0, 0.05) is 30.8 Å². The van der Waals surface area contributed by atoms with Gasteiger partial charge in [0.25, 0.3) is 0 Å². The van der Waals surface area contributed by atoms with E-state index < -0.39 is 0 Å². The lowest BCUT2D eigenvalue weighted by molar-refractivity contribution is 0.339. The van der Waals surface area contributed by atoms with Crippen LogP contribution >= 0.6 is 0 Å². The average Bonchev–Trinajstić information content (AvgIpc) is 2.48. The maximum absolute atomic E-state index is 5.50. The highest BCUT2D eigenvalue weighted by atomic mass is 16.5. The number of aromatic nitrogens is 3. The van der Waals surface area contributed by atoms with Gasteiger partial charge in [0.1, 0.15) is 17.4 Å². The molecule has 0 unspecified atom stereocenters. The second-order valence-electron chi connectivity index (χ2n) is 4.41. The van der Waals surface area contributed by atoms with E-state index in [4.69, 9.17) is 4.74 Å². The highest BCUT2D eigenvalue weighted by Crippen LogP contribution is 2.27. The molecule has 1 N–H and O–H groups in total. The standard InChI is InChI=1S/C15H20N4O/c1-5-13-18-14(10(3)15(16-4)19-13)11-7-12(20-6-2)9-17-8-11/h7-9H,5-6H2,1-4H3,(H,16,18,19). The van der Waals surface area contributed by atoms with Crippen LogP contribution in [0, 0.1) is 6.92 Å². The smallest absolute Gasteiger partial charge is 0.138 e. The molecule has 0 aliphatic rings. The van der Waals surface area contributed by atoms with E-state index in [0.29, 0.717) is 6.61 Å². The SMILES string of the molecule is CCOc1cncc(-c2nc(CC)nc(NC)c2C)c1. The molecule has 2 aromatic heterocycles. The summed E-state index contributed by atoms with van der Waals surface area (Å²) < 4.78 is 5.50. The molecular formula is C15H20N4O. The van der Waals surface area contributed by atoms with Crippen molar-refractivity contribution in [3.8, 4) is 17.0 Å². The van der Waals surface area contributed by atoms with Crippen molar-refractivity contribution in [2.24, 2.45) is 0 Å². The molecule has 0 atom stereocenters. The molecule has 0 aliphatic carbocycles. The molecule has 0 amide bonds. The minimum Gasteiger partial charge on any atom is -0.492 e. The fourth-order valence-corrected chi connectivity index (χ4v) is 2.04. The molecule has 0 bridgehead atoms. The van der Waals surface area contributed by atoms with Crippen molar-refractivity contribution in [1.29, 1.82) is 0 Å². The van der Waals surface area contributed by atoms with Crippen molar-refractivity contribution in [2.75, 3.05) is 19.0 Å². The number of rotatable bonds is 5. The Morgan fingerprint density at radius 1 is 1.20 bits per heavy atom. The quantitative estimate of drug-likeness (QED) is 0.907. The fourth-order valence-electron chi connectivity index (χ4n) is 2.04. The third kappa shape index (κ3) is 2.87. The summed E-state index contributed by atoms with van der Waals surface area (Å²) >= 11 is 0. The first-order chi connectivity index (χ1) is 9.69. The monoisotopic (exact) mass is 272 g/mol. The highest BCUT2D eigenvalue weighted by molar-refractivity contribution is 5.68. The summed E-state index contributed by atoms with van der Waals surface area (Å²) in [6.45, 7) is 6.63. The van der Waals surface area contributed by atoms with Gasteiger partial charge in [-0.05, 0) is 19.9 Å². The normalized spacial score (nSPS) is 10.4. The van der Waals surface area contributed by atoms with Crippen molar-refractivity contribution in [1.82, 2.24) is 15.0 Å². The fraction of sp³-hybridized carbons (Fsp3) is 0.400. The molecule has 0 spiro atoms. The zero-order valence-corrected chi connectivity index (χ0v) is 12.4. The Labute approximate surface area is 119 Å². The van der Waals surface area contributed by atoms with Gasteiger partial charge in [-0.1, -0.05) is 6.92 Å². The predicted molar refractivity (Wildman–Crippen MR) is 80.1 cm³/mol. The number of nitrogens with zero attached hydrogens (tertiary/aromatic N) is 3. The second-order valence-corrected chi connectivity index (χ2v) is 4.41. The highest BCUT2D eigenvalue weighted by Gasteiger charge is 2.12. The van der Waals surface area contributed by atoms with Crippen molar-refractivity contribution < 1.29 is 4.74 Å². The van der Waals surface area contributed by atoms with E-state index >= 15 is 0 Å². The van der Waals surface area contributed by atoms with Crippen LogP contribution in [0.4, 0.5) is 5.82 Å². The van der Waals surface area contributed by atoms with Crippen molar-refractivity contribution in [3.05, 3.63) is 29.8 Å². The molecule has 106 valence electrons. The first-order valence-corrected chi connectivity index (χ1v) is 6.83. The van der Waals surface area contributed by atoms with Crippen LogP contribution in [0.15, 0.2) is 18.5 Å². The Balaban J connectivity index is 2.53. The van der Waals surface area contributed by atoms with Gasteiger partial charge in [0.05, 0.1) is 18.5 Å². The number of pyridine rings is 1. The van der Waals surface area contributed by atoms with Gasteiger partial charge in [0.2, 0.25) is 0 Å². The zero-order chi connectivity index (χ0) is 14.5. The third-order valence-electron chi connectivity index (χ3n) is 3.04. The topological polar surface area (TPSA) is 59.9 Å². The van der Waals surface area contributed by atoms with Gasteiger partial charge in [-0.15, -0.1) is 0 Å². The molecular weight excluding hydrogens is 252 g/mol. The molecule has 2 rings (SSSR count). The van der Waals surface area contributed by atoms with Crippen LogP contribution in [0.2, 0.25) is 0 Å². The molecule has 0 saturated carbocycles. The summed E-state index contributed by atoms with van der Waals surface area (Å²) in [6.07, 6.45) is 4.31. The Morgan fingerprint density at radius 2 is 2.00 bits per heavy atom. The van der Waals surface area contributed by atoms with Crippen LogP contribution in [-0.4, -0.2) is 28.6 Å². The van der Waals surface area contributed by atoms with Crippen LogP contribution in [0.5, 0.6) is 5.75 Å². The number of aryl methyl sites for hydroxylation is 1. The summed E-state index contributed by atoms with van der Waals surface area (Å²) in [5.41, 5.74) is 2.86. The van der Waals surface area contributed by atoms with Crippen molar-refractivity contribution in [2.45, 2.75) is 27.2 Å². The van der Waals surface area contributed by atoms with E-state index in [-0.39, 0.29) is 0 Å². The van der Waals surface area contributed by atoms with E-state index in [0.717, 1.165) is 40.6 Å². The first kappa shape index (κ1) is 14.2. The van der Waals surface area contributed by atoms with E-state index in [1.807, 2.05) is 33.9 Å². The summed E-state index contributed by atoms with van der Waals surface area (Å²) in [6, 6.07) is 1.96. The molecule has 2 aromatic rings. The van der Waals surface area contributed by atoms with Gasteiger partial charge in [0.15, 0.2) is 0 Å². The molecule has 5 heteroatoms. The Hall–Kier alpha value is -2.17. The molecule has 0 radical (unpaired) electrons. The number of nitrogens with one attached hydrogen (secondary N) is 1. The number of anilines is 1. The Kier molecular flexibility index (Phi) is 4.50. The maximum atomic E-state index is 5.50. The Morgan fingerprint density at radius 3 is 2.65 bits per heavy atom. The van der Waals surface area contributed by atoms with Crippen LogP contribution in [0.25, 0.3) is 11.3 Å². The maximum Gasteiger partial charge on any atom is 0.138 e. The van der Waals surface area contributed by atoms with Crippen LogP contribution < -0.4 is 10.1 Å². The molecule has 0 aliphatic heterocycles. The van der Waals surface area contributed by atoms with Gasteiger partial charge in [-0.2, -0.15) is 0 Å². The molecule has 0 saturated heterocycles. The van der Waals surface area contributed by atoms with Gasteiger partial charge >= 0.3 is 0 Å². The van der Waals surface area contributed by atoms with Crippen molar-refractivity contribution >= 4 is 5.82 Å². The lowest BCUT2D eigenvalue weighted by Crippen LogP contribution is -2.05. The van der Waals surface area contributed by atoms with Crippen molar-refractivity contribution in [3.63, 3.8) is 0 Å². The molecule has 2 heterocycles. The molecule has 0 aromatic carbocycles. The Bertz CT molecular complexity index is 598. The number of hydrogen-bond donors (Lipinski definition) is 1. The van der Waals surface area contributed by atoms with Crippen LogP contribution in [0.1, 0.15) is 25.2 Å². The predicted octanol–water partition coefficient (Wildman–Crippen LogP) is 2.85. The number of hydrogen-bond acceptors (Lipinski definition) is 5. The molecule has 5 nitrogen and oxygen atoms in total. The van der Waals surface area contributed by atoms with Gasteiger partial charge in [-0.25, -0.2) is 9.97 Å². The van der Waals surface area contributed by atoms with E-state index in [2.05, 4.69) is 20.3 Å². The first-order valence-electron chi connectivity index (χ1n) is 6.83. The minimum absolute atomic E-state index is 0.621. The largest absolute Gasteiger partial charge is 0.492 e. The van der Waals surface area contributed by atoms with Gasteiger partial charge in [-0.3, -0.25) is 4.98 Å². The zero-order valence-electron chi connectivity index (χ0n) is 12.4. The lowest BCUT2D eigenvalue weighted by Gasteiger charge is -2.12. The van der Waals surface area contributed by atoms with Gasteiger partial charge < -0.3 is 10.1 Å². The summed E-state index contributed by atoms with van der Waals surface area (Å²) in [5.74, 6) is 2.43. The van der Waals surface area contributed by atoms with E-state index in [1.165, 1.54) is 0 Å².